The molecule has 8 heteroatoms. The van der Waals surface area contributed by atoms with E-state index in [0.29, 0.717) is 17.3 Å². The minimum Gasteiger partial charge on any atom is -0.496 e. The van der Waals surface area contributed by atoms with Crippen molar-refractivity contribution in [3.05, 3.63) is 48.5 Å². The van der Waals surface area contributed by atoms with Gasteiger partial charge in [0, 0.05) is 11.6 Å². The smallest absolute Gasteiger partial charge is 0.258 e. The second-order valence-electron chi connectivity index (χ2n) is 4.70. The second kappa shape index (κ2) is 5.82. The number of rotatable bonds is 4. The molecule has 0 radical (unpaired) electrons. The Kier molecular flexibility index (Phi) is 3.85. The van der Waals surface area contributed by atoms with Crippen molar-refractivity contribution in [1.29, 1.82) is 0 Å². The number of nitrogens with zero attached hydrogens (tertiary/aromatic N) is 2. The van der Waals surface area contributed by atoms with E-state index >= 15 is 0 Å². The summed E-state index contributed by atoms with van der Waals surface area (Å²) in [6.07, 6.45) is 0. The van der Waals surface area contributed by atoms with Gasteiger partial charge in [-0.3, -0.25) is 0 Å². The van der Waals surface area contributed by atoms with Gasteiger partial charge in [0.1, 0.15) is 5.75 Å². The van der Waals surface area contributed by atoms with Gasteiger partial charge in [-0.15, -0.1) is 0 Å². The van der Waals surface area contributed by atoms with Crippen molar-refractivity contribution in [1.82, 2.24) is 10.1 Å². The molecule has 3 rings (SSSR count). The lowest BCUT2D eigenvalue weighted by Crippen LogP contribution is -2.12. The summed E-state index contributed by atoms with van der Waals surface area (Å²) >= 11 is 0. The quantitative estimate of drug-likeness (QED) is 0.784. The van der Waals surface area contributed by atoms with Gasteiger partial charge in [0.15, 0.2) is 0 Å². The highest BCUT2D eigenvalue weighted by Crippen LogP contribution is 2.31. The minimum absolute atomic E-state index is 0.0510. The largest absolute Gasteiger partial charge is 0.496 e. The number of methoxy groups -OCH3 is 1. The number of aromatic nitrogens is 2. The number of primary sulfonamides is 1. The molecule has 0 aliphatic heterocycles. The Morgan fingerprint density at radius 3 is 2.52 bits per heavy atom. The van der Waals surface area contributed by atoms with E-state index in [1.807, 2.05) is 30.3 Å². The van der Waals surface area contributed by atoms with E-state index in [4.69, 9.17) is 14.4 Å². The van der Waals surface area contributed by atoms with Gasteiger partial charge in [0.2, 0.25) is 15.8 Å². The average molecular weight is 331 g/mol. The number of ether oxygens (including phenoxy) is 1. The Bertz CT molecular complexity index is 936. The Morgan fingerprint density at radius 2 is 1.87 bits per heavy atom. The van der Waals surface area contributed by atoms with Crippen LogP contribution in [0.15, 0.2) is 57.9 Å². The first-order chi connectivity index (χ1) is 11.0. The summed E-state index contributed by atoms with van der Waals surface area (Å²) < 4.78 is 33.3. The zero-order valence-electron chi connectivity index (χ0n) is 12.1. The molecule has 0 amide bonds. The molecule has 0 fully saturated rings. The van der Waals surface area contributed by atoms with Crippen molar-refractivity contribution in [2.24, 2.45) is 5.14 Å². The van der Waals surface area contributed by atoms with Crippen LogP contribution in [-0.4, -0.2) is 25.7 Å². The number of nitrogens with two attached hydrogens (primary N) is 1. The van der Waals surface area contributed by atoms with Crippen LogP contribution < -0.4 is 9.88 Å². The highest BCUT2D eigenvalue weighted by molar-refractivity contribution is 7.89. The summed E-state index contributed by atoms with van der Waals surface area (Å²) in [6, 6.07) is 13.5. The normalized spacial score (nSPS) is 11.4. The summed E-state index contributed by atoms with van der Waals surface area (Å²) in [7, 11) is -2.40. The monoisotopic (exact) mass is 331 g/mol. The SMILES string of the molecule is COc1cc(S(N)(=O)=O)ccc1-c1noc(-c2ccccc2)n1. The molecule has 118 valence electrons. The lowest BCUT2D eigenvalue weighted by atomic mass is 10.2. The maximum atomic E-state index is 11.4. The van der Waals surface area contributed by atoms with Gasteiger partial charge in [-0.1, -0.05) is 23.4 Å². The molecule has 0 saturated heterocycles. The predicted octanol–water partition coefficient (Wildman–Crippen LogP) is 2.06. The molecule has 7 nitrogen and oxygen atoms in total. The van der Waals surface area contributed by atoms with Crippen molar-refractivity contribution < 1.29 is 17.7 Å². The molecule has 0 aliphatic rings. The Morgan fingerprint density at radius 1 is 1.13 bits per heavy atom. The second-order valence-corrected chi connectivity index (χ2v) is 6.26. The molecule has 0 atom stereocenters. The van der Waals surface area contributed by atoms with Crippen LogP contribution in [0.4, 0.5) is 0 Å². The predicted molar refractivity (Wildman–Crippen MR) is 83.1 cm³/mol. The summed E-state index contributed by atoms with van der Waals surface area (Å²) in [5, 5.41) is 9.03. The molecule has 0 unspecified atom stereocenters. The van der Waals surface area contributed by atoms with E-state index in [9.17, 15) is 8.42 Å². The lowest BCUT2D eigenvalue weighted by molar-refractivity contribution is 0.412. The molecule has 2 aromatic carbocycles. The standard InChI is InChI=1S/C15H13N3O4S/c1-21-13-9-11(23(16,19)20)7-8-12(13)14-17-15(22-18-14)10-5-3-2-4-6-10/h2-9H,1H3,(H2,16,19,20). The summed E-state index contributed by atoms with van der Waals surface area (Å²) in [6.45, 7) is 0. The van der Waals surface area contributed by atoms with Crippen molar-refractivity contribution in [2.75, 3.05) is 7.11 Å². The van der Waals surface area contributed by atoms with Gasteiger partial charge in [0.25, 0.3) is 5.89 Å². The first-order valence-corrected chi connectivity index (χ1v) is 8.14. The fourth-order valence-electron chi connectivity index (χ4n) is 2.06. The van der Waals surface area contributed by atoms with Crippen molar-refractivity contribution in [3.8, 4) is 28.6 Å². The highest BCUT2D eigenvalue weighted by atomic mass is 32.2. The van der Waals surface area contributed by atoms with E-state index in [1.165, 1.54) is 25.3 Å². The number of benzene rings is 2. The molecular formula is C15H13N3O4S. The van der Waals surface area contributed by atoms with Crippen LogP contribution in [0.3, 0.4) is 0 Å². The molecule has 23 heavy (non-hydrogen) atoms. The van der Waals surface area contributed by atoms with Crippen LogP contribution in [0, 0.1) is 0 Å². The molecule has 1 heterocycles. The summed E-state index contributed by atoms with van der Waals surface area (Å²) in [5.74, 6) is 0.941. The van der Waals surface area contributed by atoms with E-state index < -0.39 is 10.0 Å². The maximum Gasteiger partial charge on any atom is 0.258 e. The fraction of sp³-hybridized carbons (Fsp3) is 0.0667. The first kappa shape index (κ1) is 15.2. The fourth-order valence-corrected chi connectivity index (χ4v) is 2.59. The van der Waals surface area contributed by atoms with Gasteiger partial charge in [-0.25, -0.2) is 13.6 Å². The maximum absolute atomic E-state index is 11.4. The van der Waals surface area contributed by atoms with Crippen LogP contribution in [0.1, 0.15) is 0 Å². The molecule has 0 aliphatic carbocycles. The molecular weight excluding hydrogens is 318 g/mol. The molecule has 2 N–H and O–H groups in total. The molecule has 0 spiro atoms. The van der Waals surface area contributed by atoms with Crippen molar-refractivity contribution in [2.45, 2.75) is 4.90 Å². The Hall–Kier alpha value is -2.71. The zero-order chi connectivity index (χ0) is 16.4. The minimum atomic E-state index is -3.82. The first-order valence-electron chi connectivity index (χ1n) is 6.59. The van der Waals surface area contributed by atoms with Crippen molar-refractivity contribution >= 4 is 10.0 Å². The van der Waals surface area contributed by atoms with Crippen LogP contribution in [0.2, 0.25) is 0 Å². The van der Waals surface area contributed by atoms with E-state index in [-0.39, 0.29) is 10.6 Å². The third kappa shape index (κ3) is 3.08. The van der Waals surface area contributed by atoms with E-state index in [2.05, 4.69) is 10.1 Å². The third-order valence-corrected chi connectivity index (χ3v) is 4.10. The van der Waals surface area contributed by atoms with Crippen LogP contribution in [0.5, 0.6) is 5.75 Å². The summed E-state index contributed by atoms with van der Waals surface area (Å²) in [5.41, 5.74) is 1.29. The highest BCUT2D eigenvalue weighted by Gasteiger charge is 2.17. The van der Waals surface area contributed by atoms with Crippen LogP contribution >= 0.6 is 0 Å². The topological polar surface area (TPSA) is 108 Å². The molecule has 3 aromatic rings. The number of sulfonamides is 1. The molecule has 0 saturated carbocycles. The number of hydrogen-bond donors (Lipinski definition) is 1. The number of hydrogen-bond acceptors (Lipinski definition) is 6. The Labute approximate surface area is 132 Å². The van der Waals surface area contributed by atoms with Gasteiger partial charge >= 0.3 is 0 Å². The molecule has 1 aromatic heterocycles. The van der Waals surface area contributed by atoms with Gasteiger partial charge < -0.3 is 9.26 Å². The van der Waals surface area contributed by atoms with E-state index in [0.717, 1.165) is 5.56 Å². The zero-order valence-corrected chi connectivity index (χ0v) is 12.9. The molecule has 0 bridgehead atoms. The van der Waals surface area contributed by atoms with E-state index in [1.54, 1.807) is 0 Å². The lowest BCUT2D eigenvalue weighted by Gasteiger charge is -2.06. The Balaban J connectivity index is 2.04. The van der Waals surface area contributed by atoms with Crippen molar-refractivity contribution in [3.63, 3.8) is 0 Å². The van der Waals surface area contributed by atoms with Gasteiger partial charge in [-0.05, 0) is 24.3 Å². The summed E-state index contributed by atoms with van der Waals surface area (Å²) in [4.78, 5) is 4.26. The van der Waals surface area contributed by atoms with Gasteiger partial charge in [-0.2, -0.15) is 4.98 Å². The van der Waals surface area contributed by atoms with Gasteiger partial charge in [0.05, 0.1) is 17.6 Å². The third-order valence-electron chi connectivity index (χ3n) is 3.19. The van der Waals surface area contributed by atoms with Crippen LogP contribution in [-0.2, 0) is 10.0 Å². The van der Waals surface area contributed by atoms with Crippen LogP contribution in [0.25, 0.3) is 22.8 Å². The average Bonchev–Trinajstić information content (AvgIpc) is 3.04.